The van der Waals surface area contributed by atoms with Crippen molar-refractivity contribution in [1.82, 2.24) is 4.98 Å². The minimum atomic E-state index is -0.895. The number of thiazole rings is 1. The maximum absolute atomic E-state index is 10.8. The van der Waals surface area contributed by atoms with Crippen molar-refractivity contribution in [3.8, 4) is 16.3 Å². The van der Waals surface area contributed by atoms with Gasteiger partial charge < -0.3 is 14.9 Å². The van der Waals surface area contributed by atoms with Gasteiger partial charge in [-0.3, -0.25) is 0 Å². The molecule has 1 heterocycles. The Hall–Kier alpha value is -2.21. The van der Waals surface area contributed by atoms with E-state index in [0.717, 1.165) is 10.6 Å². The molecule has 0 radical (unpaired) electrons. The van der Waals surface area contributed by atoms with Crippen LogP contribution in [0.5, 0.6) is 5.75 Å². The van der Waals surface area contributed by atoms with Crippen molar-refractivity contribution in [2.75, 3.05) is 7.11 Å². The van der Waals surface area contributed by atoms with E-state index < -0.39 is 12.2 Å². The summed E-state index contributed by atoms with van der Waals surface area (Å²) < 4.78 is 5.34. The summed E-state index contributed by atoms with van der Waals surface area (Å²) in [5.41, 5.74) is 2.76. The second-order valence-electron chi connectivity index (χ2n) is 5.40. The van der Waals surface area contributed by atoms with Gasteiger partial charge in [-0.05, 0) is 11.6 Å². The summed E-state index contributed by atoms with van der Waals surface area (Å²) in [5.74, 6) is 0.564. The molecule has 3 aromatic rings. The predicted octanol–water partition coefficient (Wildman–Crippen LogP) is 3.30. The number of fused-ring (bicyclic) bond motifs is 2. The van der Waals surface area contributed by atoms with Crippen molar-refractivity contribution in [1.29, 1.82) is 0 Å². The molecule has 1 aromatic heterocycles. The summed E-state index contributed by atoms with van der Waals surface area (Å²) in [4.78, 5) is 5.27. The van der Waals surface area contributed by atoms with Crippen LogP contribution in [0.2, 0.25) is 0 Å². The molecule has 5 heteroatoms. The van der Waals surface area contributed by atoms with Crippen LogP contribution >= 0.6 is 11.3 Å². The van der Waals surface area contributed by atoms with Gasteiger partial charge in [-0.2, -0.15) is 0 Å². The maximum atomic E-state index is 10.8. The van der Waals surface area contributed by atoms with E-state index in [-0.39, 0.29) is 0 Å². The lowest BCUT2D eigenvalue weighted by molar-refractivity contribution is 0.169. The number of hydrogen-bond acceptors (Lipinski definition) is 5. The molecule has 2 atom stereocenters. The molecule has 1 aliphatic carbocycles. The molecule has 0 bridgehead atoms. The van der Waals surface area contributed by atoms with Crippen molar-refractivity contribution < 1.29 is 14.9 Å². The Balaban J connectivity index is 1.88. The normalized spacial score (nSPS) is 19.1. The number of ether oxygens (including phenoxy) is 1. The van der Waals surface area contributed by atoms with E-state index in [2.05, 4.69) is 4.98 Å². The van der Waals surface area contributed by atoms with Crippen LogP contribution < -0.4 is 4.74 Å². The lowest BCUT2D eigenvalue weighted by atomic mass is 9.88. The SMILES string of the molecule is COc1cccc2c1C(O)c1nc(-c3ccccc3)sc1C2O. The molecule has 116 valence electrons. The fourth-order valence-corrected chi connectivity index (χ4v) is 4.09. The van der Waals surface area contributed by atoms with Crippen LogP contribution in [0, 0.1) is 0 Å². The highest BCUT2D eigenvalue weighted by Crippen LogP contribution is 2.47. The number of methoxy groups -OCH3 is 1. The van der Waals surface area contributed by atoms with Crippen molar-refractivity contribution in [2.45, 2.75) is 12.2 Å². The lowest BCUT2D eigenvalue weighted by Gasteiger charge is -2.26. The molecule has 4 rings (SSSR count). The zero-order valence-electron chi connectivity index (χ0n) is 12.4. The molecule has 0 saturated heterocycles. The van der Waals surface area contributed by atoms with E-state index in [0.29, 0.717) is 27.4 Å². The smallest absolute Gasteiger partial charge is 0.126 e. The van der Waals surface area contributed by atoms with Crippen molar-refractivity contribution in [2.24, 2.45) is 0 Å². The summed E-state index contributed by atoms with van der Waals surface area (Å²) in [7, 11) is 1.56. The average molecular weight is 325 g/mol. The van der Waals surface area contributed by atoms with E-state index in [1.54, 1.807) is 13.2 Å². The Labute approximate surface area is 137 Å². The summed E-state index contributed by atoms with van der Waals surface area (Å²) in [6, 6.07) is 15.2. The number of aliphatic hydroxyl groups is 2. The molecule has 23 heavy (non-hydrogen) atoms. The van der Waals surface area contributed by atoms with Gasteiger partial charge in [0.25, 0.3) is 0 Å². The van der Waals surface area contributed by atoms with Crippen molar-refractivity contribution in [3.05, 3.63) is 70.2 Å². The summed E-state index contributed by atoms with van der Waals surface area (Å²) >= 11 is 1.42. The van der Waals surface area contributed by atoms with Crippen molar-refractivity contribution in [3.63, 3.8) is 0 Å². The van der Waals surface area contributed by atoms with Gasteiger partial charge in [-0.1, -0.05) is 42.5 Å². The fraction of sp³-hybridized carbons (Fsp3) is 0.167. The van der Waals surface area contributed by atoms with Gasteiger partial charge in [0.2, 0.25) is 0 Å². The van der Waals surface area contributed by atoms with Crippen LogP contribution in [0.15, 0.2) is 48.5 Å². The number of aliphatic hydroxyl groups excluding tert-OH is 2. The first-order valence-electron chi connectivity index (χ1n) is 7.29. The van der Waals surface area contributed by atoms with Crippen LogP contribution in [0.4, 0.5) is 0 Å². The van der Waals surface area contributed by atoms with E-state index in [1.165, 1.54) is 11.3 Å². The summed E-state index contributed by atoms with van der Waals surface area (Å²) in [6.07, 6.45) is -1.69. The molecule has 0 fully saturated rings. The van der Waals surface area contributed by atoms with E-state index >= 15 is 0 Å². The summed E-state index contributed by atoms with van der Waals surface area (Å²) in [5, 5.41) is 22.3. The van der Waals surface area contributed by atoms with Crippen LogP contribution in [0.25, 0.3) is 10.6 Å². The molecule has 0 saturated carbocycles. The van der Waals surface area contributed by atoms with Crippen LogP contribution in [0.1, 0.15) is 33.9 Å². The van der Waals surface area contributed by atoms with Crippen LogP contribution in [-0.2, 0) is 0 Å². The number of rotatable bonds is 2. The molecule has 4 nitrogen and oxygen atoms in total. The molecule has 0 aliphatic heterocycles. The molecule has 2 N–H and O–H groups in total. The van der Waals surface area contributed by atoms with E-state index in [1.807, 2.05) is 42.5 Å². The fourth-order valence-electron chi connectivity index (χ4n) is 2.99. The number of nitrogens with zero attached hydrogens (tertiary/aromatic N) is 1. The standard InChI is InChI=1S/C18H15NO3S/c1-22-12-9-5-8-11-13(12)16(21)14-17(15(11)20)23-18(19-14)10-6-3-2-4-7-10/h2-9,15-16,20-21H,1H3. The van der Waals surface area contributed by atoms with E-state index in [4.69, 9.17) is 4.74 Å². The van der Waals surface area contributed by atoms with Crippen LogP contribution in [0.3, 0.4) is 0 Å². The van der Waals surface area contributed by atoms with Gasteiger partial charge in [0.05, 0.1) is 17.7 Å². The molecule has 1 aliphatic rings. The van der Waals surface area contributed by atoms with Gasteiger partial charge in [0.1, 0.15) is 23.0 Å². The predicted molar refractivity (Wildman–Crippen MR) is 88.7 cm³/mol. The Morgan fingerprint density at radius 3 is 2.52 bits per heavy atom. The topological polar surface area (TPSA) is 62.6 Å². The first kappa shape index (κ1) is 14.4. The zero-order chi connectivity index (χ0) is 16.0. The van der Waals surface area contributed by atoms with Gasteiger partial charge in [-0.15, -0.1) is 11.3 Å². The van der Waals surface area contributed by atoms with Gasteiger partial charge in [0, 0.05) is 11.1 Å². The Morgan fingerprint density at radius 2 is 1.78 bits per heavy atom. The molecular weight excluding hydrogens is 310 g/mol. The van der Waals surface area contributed by atoms with Gasteiger partial charge >= 0.3 is 0 Å². The third kappa shape index (κ3) is 2.16. The highest BCUT2D eigenvalue weighted by Gasteiger charge is 2.36. The molecule has 2 aromatic carbocycles. The van der Waals surface area contributed by atoms with Crippen LogP contribution in [-0.4, -0.2) is 22.3 Å². The second-order valence-corrected chi connectivity index (χ2v) is 6.43. The third-order valence-electron chi connectivity index (χ3n) is 4.10. The lowest BCUT2D eigenvalue weighted by Crippen LogP contribution is -2.17. The molecule has 0 spiro atoms. The Morgan fingerprint density at radius 1 is 1.00 bits per heavy atom. The first-order valence-corrected chi connectivity index (χ1v) is 8.11. The number of aromatic nitrogens is 1. The monoisotopic (exact) mass is 325 g/mol. The maximum Gasteiger partial charge on any atom is 0.126 e. The highest BCUT2D eigenvalue weighted by atomic mass is 32.1. The molecular formula is C18H15NO3S. The minimum absolute atomic E-state index is 0.512. The second kappa shape index (κ2) is 5.45. The third-order valence-corrected chi connectivity index (χ3v) is 5.27. The van der Waals surface area contributed by atoms with Crippen molar-refractivity contribution >= 4 is 11.3 Å². The Kier molecular flexibility index (Phi) is 3.41. The van der Waals surface area contributed by atoms with E-state index in [9.17, 15) is 10.2 Å². The quantitative estimate of drug-likeness (QED) is 0.759. The molecule has 2 unspecified atom stereocenters. The Bertz CT molecular complexity index is 860. The largest absolute Gasteiger partial charge is 0.496 e. The average Bonchev–Trinajstić information content (AvgIpc) is 3.05. The molecule has 0 amide bonds. The number of benzene rings is 2. The minimum Gasteiger partial charge on any atom is -0.496 e. The first-order chi connectivity index (χ1) is 11.2. The highest BCUT2D eigenvalue weighted by molar-refractivity contribution is 7.15. The summed E-state index contributed by atoms with van der Waals surface area (Å²) in [6.45, 7) is 0. The zero-order valence-corrected chi connectivity index (χ0v) is 13.2. The van der Waals surface area contributed by atoms with Gasteiger partial charge in [-0.25, -0.2) is 4.98 Å². The van der Waals surface area contributed by atoms with Gasteiger partial charge in [0.15, 0.2) is 0 Å². The number of hydrogen-bond donors (Lipinski definition) is 2.